The van der Waals surface area contributed by atoms with E-state index in [1.807, 2.05) is 18.2 Å². The Morgan fingerprint density at radius 1 is 1.29 bits per heavy atom. The Kier molecular flexibility index (Phi) is 3.37. The molecular formula is C17H17FN2O. The van der Waals surface area contributed by atoms with Crippen LogP contribution in [0.2, 0.25) is 0 Å². The lowest BCUT2D eigenvalue weighted by Crippen LogP contribution is -2.36. The van der Waals surface area contributed by atoms with Crippen LogP contribution in [0.5, 0.6) is 0 Å². The summed E-state index contributed by atoms with van der Waals surface area (Å²) in [4.78, 5) is 14.4. The lowest BCUT2D eigenvalue weighted by atomic mass is 9.97. The minimum atomic E-state index is -0.319. The van der Waals surface area contributed by atoms with Crippen molar-refractivity contribution in [2.75, 3.05) is 12.3 Å². The lowest BCUT2D eigenvalue weighted by Gasteiger charge is -2.30. The molecule has 0 saturated carbocycles. The van der Waals surface area contributed by atoms with E-state index in [0.717, 1.165) is 23.2 Å². The van der Waals surface area contributed by atoms with E-state index in [4.69, 9.17) is 5.73 Å². The zero-order valence-corrected chi connectivity index (χ0v) is 11.9. The van der Waals surface area contributed by atoms with E-state index in [2.05, 4.69) is 0 Å². The highest BCUT2D eigenvalue weighted by Gasteiger charge is 2.23. The summed E-state index contributed by atoms with van der Waals surface area (Å²) < 4.78 is 13.2. The molecule has 0 atom stereocenters. The van der Waals surface area contributed by atoms with Crippen molar-refractivity contribution < 1.29 is 9.18 Å². The number of nitrogens with two attached hydrogens (primary N) is 1. The highest BCUT2D eigenvalue weighted by atomic mass is 19.1. The number of hydrogen-bond acceptors (Lipinski definition) is 2. The van der Waals surface area contributed by atoms with Crippen molar-refractivity contribution in [3.05, 3.63) is 64.5 Å². The van der Waals surface area contributed by atoms with Crippen molar-refractivity contribution in [3.63, 3.8) is 0 Å². The van der Waals surface area contributed by atoms with Crippen LogP contribution < -0.4 is 5.73 Å². The molecule has 2 aromatic carbocycles. The molecule has 4 heteroatoms. The number of amides is 1. The first-order valence-electron chi connectivity index (χ1n) is 6.98. The maximum absolute atomic E-state index is 13.2. The van der Waals surface area contributed by atoms with Gasteiger partial charge in [0.05, 0.1) is 0 Å². The van der Waals surface area contributed by atoms with Crippen LogP contribution in [0.15, 0.2) is 36.4 Å². The van der Waals surface area contributed by atoms with Crippen LogP contribution in [0.25, 0.3) is 0 Å². The molecule has 1 heterocycles. The van der Waals surface area contributed by atoms with E-state index < -0.39 is 0 Å². The fraction of sp³-hybridized carbons (Fsp3) is 0.235. The van der Waals surface area contributed by atoms with Crippen LogP contribution in [0.1, 0.15) is 27.0 Å². The maximum Gasteiger partial charge on any atom is 0.254 e. The average Bonchev–Trinajstić information content (AvgIpc) is 2.46. The summed E-state index contributed by atoms with van der Waals surface area (Å²) in [6.07, 6.45) is 0.758. The highest BCUT2D eigenvalue weighted by Crippen LogP contribution is 2.25. The van der Waals surface area contributed by atoms with Gasteiger partial charge < -0.3 is 10.6 Å². The molecule has 0 spiro atoms. The first-order valence-corrected chi connectivity index (χ1v) is 6.98. The second kappa shape index (κ2) is 5.20. The molecule has 0 saturated heterocycles. The molecule has 1 amide bonds. The molecule has 0 fully saturated rings. The van der Waals surface area contributed by atoms with Gasteiger partial charge in [0, 0.05) is 24.3 Å². The molecule has 108 valence electrons. The van der Waals surface area contributed by atoms with Gasteiger partial charge in [-0.25, -0.2) is 4.39 Å². The number of nitrogens with zero attached hydrogens (tertiary/aromatic N) is 1. The largest absolute Gasteiger partial charge is 0.398 e. The summed E-state index contributed by atoms with van der Waals surface area (Å²) in [6, 6.07) is 10.1. The van der Waals surface area contributed by atoms with Crippen LogP contribution in [0.4, 0.5) is 10.1 Å². The predicted molar refractivity (Wildman–Crippen MR) is 80.4 cm³/mol. The van der Waals surface area contributed by atoms with E-state index in [0.29, 0.717) is 24.2 Å². The second-order valence-electron chi connectivity index (χ2n) is 5.42. The molecule has 3 rings (SSSR count). The van der Waals surface area contributed by atoms with E-state index in [1.165, 1.54) is 12.1 Å². The Hall–Kier alpha value is -2.36. The summed E-state index contributed by atoms with van der Waals surface area (Å²) in [6.45, 7) is 2.94. The topological polar surface area (TPSA) is 46.3 Å². The molecule has 2 aromatic rings. The van der Waals surface area contributed by atoms with Crippen LogP contribution in [0, 0.1) is 12.7 Å². The fourth-order valence-corrected chi connectivity index (χ4v) is 2.85. The third kappa shape index (κ3) is 2.49. The molecule has 1 aliphatic rings. The highest BCUT2D eigenvalue weighted by molar-refractivity contribution is 5.95. The van der Waals surface area contributed by atoms with Crippen LogP contribution in [-0.4, -0.2) is 17.4 Å². The maximum atomic E-state index is 13.2. The SMILES string of the molecule is Cc1cc(F)ccc1C(=O)N1CCc2c(N)cccc2C1. The molecule has 0 unspecified atom stereocenters. The zero-order chi connectivity index (χ0) is 15.0. The first-order chi connectivity index (χ1) is 10.1. The van der Waals surface area contributed by atoms with E-state index in [9.17, 15) is 9.18 Å². The molecule has 2 N–H and O–H groups in total. The fourth-order valence-electron chi connectivity index (χ4n) is 2.85. The molecular weight excluding hydrogens is 267 g/mol. The van der Waals surface area contributed by atoms with E-state index in [-0.39, 0.29) is 11.7 Å². The number of anilines is 1. The van der Waals surface area contributed by atoms with Gasteiger partial charge in [0.25, 0.3) is 5.91 Å². The van der Waals surface area contributed by atoms with Crippen molar-refractivity contribution in [3.8, 4) is 0 Å². The number of carbonyl (C=O) groups is 1. The molecule has 21 heavy (non-hydrogen) atoms. The number of halogens is 1. The molecule has 0 bridgehead atoms. The van der Waals surface area contributed by atoms with Gasteiger partial charge in [0.15, 0.2) is 0 Å². The van der Waals surface area contributed by atoms with Crippen molar-refractivity contribution in [1.82, 2.24) is 4.90 Å². The monoisotopic (exact) mass is 284 g/mol. The van der Waals surface area contributed by atoms with Crippen LogP contribution in [0.3, 0.4) is 0 Å². The number of rotatable bonds is 1. The van der Waals surface area contributed by atoms with E-state index >= 15 is 0 Å². The summed E-state index contributed by atoms with van der Waals surface area (Å²) in [5, 5.41) is 0. The first kappa shape index (κ1) is 13.6. The van der Waals surface area contributed by atoms with Gasteiger partial charge >= 0.3 is 0 Å². The minimum Gasteiger partial charge on any atom is -0.398 e. The van der Waals surface area contributed by atoms with Gasteiger partial charge in [-0.05, 0) is 54.3 Å². The van der Waals surface area contributed by atoms with Gasteiger partial charge in [0.1, 0.15) is 5.82 Å². The molecule has 1 aliphatic heterocycles. The number of aryl methyl sites for hydroxylation is 1. The van der Waals surface area contributed by atoms with Gasteiger partial charge in [0.2, 0.25) is 0 Å². The smallest absolute Gasteiger partial charge is 0.254 e. The third-order valence-corrected chi connectivity index (χ3v) is 4.01. The molecule has 0 aromatic heterocycles. The summed E-state index contributed by atoms with van der Waals surface area (Å²) in [5.41, 5.74) is 10.2. The van der Waals surface area contributed by atoms with Crippen molar-refractivity contribution in [2.24, 2.45) is 0 Å². The van der Waals surface area contributed by atoms with Crippen LogP contribution in [-0.2, 0) is 13.0 Å². The molecule has 0 aliphatic carbocycles. The lowest BCUT2D eigenvalue weighted by molar-refractivity contribution is 0.0734. The summed E-state index contributed by atoms with van der Waals surface area (Å²) >= 11 is 0. The zero-order valence-electron chi connectivity index (χ0n) is 11.9. The normalized spacial score (nSPS) is 13.9. The summed E-state index contributed by atoms with van der Waals surface area (Å²) in [5.74, 6) is -0.374. The number of carbonyl (C=O) groups excluding carboxylic acids is 1. The van der Waals surface area contributed by atoms with Crippen molar-refractivity contribution >= 4 is 11.6 Å². The van der Waals surface area contributed by atoms with Gasteiger partial charge in [-0.15, -0.1) is 0 Å². The quantitative estimate of drug-likeness (QED) is 0.818. The average molecular weight is 284 g/mol. The van der Waals surface area contributed by atoms with Crippen molar-refractivity contribution in [2.45, 2.75) is 19.9 Å². The van der Waals surface area contributed by atoms with Gasteiger partial charge in [-0.2, -0.15) is 0 Å². The molecule has 0 radical (unpaired) electrons. The van der Waals surface area contributed by atoms with Gasteiger partial charge in [-0.1, -0.05) is 12.1 Å². The number of fused-ring (bicyclic) bond motifs is 1. The number of benzene rings is 2. The van der Waals surface area contributed by atoms with Gasteiger partial charge in [-0.3, -0.25) is 4.79 Å². The summed E-state index contributed by atoms with van der Waals surface area (Å²) in [7, 11) is 0. The number of nitrogen functional groups attached to an aromatic ring is 1. The Labute approximate surface area is 123 Å². The second-order valence-corrected chi connectivity index (χ2v) is 5.42. The Morgan fingerprint density at radius 2 is 2.10 bits per heavy atom. The van der Waals surface area contributed by atoms with Crippen molar-refractivity contribution in [1.29, 1.82) is 0 Å². The molecule has 3 nitrogen and oxygen atoms in total. The Balaban J connectivity index is 1.87. The van der Waals surface area contributed by atoms with E-state index in [1.54, 1.807) is 17.9 Å². The third-order valence-electron chi connectivity index (χ3n) is 4.01. The Bertz CT molecular complexity index is 712. The Morgan fingerprint density at radius 3 is 2.86 bits per heavy atom. The van der Waals surface area contributed by atoms with Crippen LogP contribution >= 0.6 is 0 Å². The number of hydrogen-bond donors (Lipinski definition) is 1. The minimum absolute atomic E-state index is 0.0550. The predicted octanol–water partition coefficient (Wildman–Crippen LogP) is 2.91. The standard InChI is InChI=1S/C17H17FN2O/c1-11-9-13(18)5-6-14(11)17(21)20-8-7-15-12(10-20)3-2-4-16(15)19/h2-6,9H,7-8,10,19H2,1H3.